The Morgan fingerprint density at radius 3 is 2.55 bits per heavy atom. The number of carbonyl (C=O) groups excluding carboxylic acids is 1. The van der Waals surface area contributed by atoms with Crippen molar-refractivity contribution in [3.8, 4) is 0 Å². The van der Waals surface area contributed by atoms with E-state index >= 15 is 0 Å². The second-order valence-electron chi connectivity index (χ2n) is 3.80. The van der Waals surface area contributed by atoms with E-state index in [-0.39, 0.29) is 22.0 Å². The van der Waals surface area contributed by atoms with Gasteiger partial charge in [0.1, 0.15) is 5.75 Å². The Balaban J connectivity index is 2.99. The van der Waals surface area contributed by atoms with Crippen LogP contribution in [0.2, 0.25) is 5.02 Å². The summed E-state index contributed by atoms with van der Waals surface area (Å²) in [6.07, 6.45) is 1.42. The van der Waals surface area contributed by atoms with E-state index in [0.717, 1.165) is 18.2 Å². The number of carbonyl (C=O) groups is 2. The fourth-order valence-corrected chi connectivity index (χ4v) is 2.87. The van der Waals surface area contributed by atoms with Crippen molar-refractivity contribution in [2.75, 3.05) is 12.3 Å². The van der Waals surface area contributed by atoms with Crippen LogP contribution in [0.5, 0.6) is 0 Å². The van der Waals surface area contributed by atoms with E-state index in [2.05, 4.69) is 11.9 Å². The molecule has 6 nitrogen and oxygen atoms in total. The predicted octanol–water partition coefficient (Wildman–Crippen LogP) is 1.11. The van der Waals surface area contributed by atoms with Gasteiger partial charge in [0.15, 0.2) is 9.84 Å². The summed E-state index contributed by atoms with van der Waals surface area (Å²) in [5.74, 6) is -2.69. The van der Waals surface area contributed by atoms with Crippen molar-refractivity contribution >= 4 is 33.3 Å². The van der Waals surface area contributed by atoms with E-state index < -0.39 is 27.5 Å². The molecule has 0 aliphatic heterocycles. The van der Waals surface area contributed by atoms with E-state index in [0.29, 0.717) is 0 Å². The highest BCUT2D eigenvalue weighted by molar-refractivity contribution is 7.92. The van der Waals surface area contributed by atoms with Gasteiger partial charge in [0.05, 0.1) is 15.5 Å². The molecule has 1 rings (SSSR count). The smallest absolute Gasteiger partial charge is 0.337 e. The number of rotatable bonds is 6. The van der Waals surface area contributed by atoms with E-state index in [1.165, 1.54) is 6.08 Å². The summed E-state index contributed by atoms with van der Waals surface area (Å²) in [6.45, 7) is 3.55. The Kier molecular flexibility index (Phi) is 5.29. The van der Waals surface area contributed by atoms with Gasteiger partial charge in [-0.1, -0.05) is 17.7 Å². The van der Waals surface area contributed by atoms with Gasteiger partial charge in [-0.05, 0) is 18.2 Å². The maximum absolute atomic E-state index is 11.9. The van der Waals surface area contributed by atoms with Crippen LogP contribution in [0, 0.1) is 0 Å². The monoisotopic (exact) mass is 317 g/mol. The molecular weight excluding hydrogens is 306 g/mol. The van der Waals surface area contributed by atoms with Gasteiger partial charge in [0.2, 0.25) is 5.91 Å². The van der Waals surface area contributed by atoms with Crippen LogP contribution in [0.3, 0.4) is 0 Å². The molecule has 0 saturated heterocycles. The molecule has 0 spiro atoms. The van der Waals surface area contributed by atoms with Gasteiger partial charge in [0.25, 0.3) is 0 Å². The fourth-order valence-electron chi connectivity index (χ4n) is 1.36. The van der Waals surface area contributed by atoms with Crippen molar-refractivity contribution < 1.29 is 23.1 Å². The zero-order chi connectivity index (χ0) is 15.3. The third kappa shape index (κ3) is 4.07. The van der Waals surface area contributed by atoms with Gasteiger partial charge in [-0.25, -0.2) is 13.2 Å². The molecule has 0 atom stereocenters. The van der Waals surface area contributed by atoms with Gasteiger partial charge in [0, 0.05) is 6.54 Å². The highest BCUT2D eigenvalue weighted by atomic mass is 35.5. The molecule has 0 fully saturated rings. The van der Waals surface area contributed by atoms with Crippen LogP contribution in [-0.4, -0.2) is 37.7 Å². The average molecular weight is 318 g/mol. The average Bonchev–Trinajstić information content (AvgIpc) is 2.35. The largest absolute Gasteiger partial charge is 0.478 e. The summed E-state index contributed by atoms with van der Waals surface area (Å²) < 4.78 is 23.9. The van der Waals surface area contributed by atoms with Crippen LogP contribution in [-0.2, 0) is 14.6 Å². The predicted molar refractivity (Wildman–Crippen MR) is 73.7 cm³/mol. The van der Waals surface area contributed by atoms with Crippen LogP contribution >= 0.6 is 11.6 Å². The number of amides is 1. The molecule has 108 valence electrons. The lowest BCUT2D eigenvalue weighted by molar-refractivity contribution is -0.118. The molecule has 0 aliphatic rings. The molecule has 0 radical (unpaired) electrons. The highest BCUT2D eigenvalue weighted by Gasteiger charge is 2.21. The Morgan fingerprint density at radius 1 is 1.40 bits per heavy atom. The lowest BCUT2D eigenvalue weighted by Gasteiger charge is -2.06. The molecule has 0 aromatic heterocycles. The standard InChI is InChI=1S/C12H12ClNO5S/c1-2-5-14-11(15)7-20(18,19)8-3-4-9(12(16)17)10(13)6-8/h2-4,6H,1,5,7H2,(H,14,15)(H,16,17). The number of hydrogen-bond acceptors (Lipinski definition) is 4. The zero-order valence-corrected chi connectivity index (χ0v) is 11.9. The number of carboxylic acids is 1. The maximum atomic E-state index is 11.9. The van der Waals surface area contributed by atoms with E-state index in [4.69, 9.17) is 16.7 Å². The number of carboxylic acid groups (broad SMARTS) is 1. The topological polar surface area (TPSA) is 101 Å². The first-order valence-corrected chi connectivity index (χ1v) is 7.44. The lowest BCUT2D eigenvalue weighted by atomic mass is 10.2. The number of benzene rings is 1. The highest BCUT2D eigenvalue weighted by Crippen LogP contribution is 2.21. The summed E-state index contributed by atoms with van der Waals surface area (Å²) in [4.78, 5) is 22.0. The summed E-state index contributed by atoms with van der Waals surface area (Å²) in [5, 5.41) is 10.9. The molecule has 0 saturated carbocycles. The molecule has 0 bridgehead atoms. The van der Waals surface area contributed by atoms with Gasteiger partial charge >= 0.3 is 5.97 Å². The minimum atomic E-state index is -3.88. The van der Waals surface area contributed by atoms with E-state index in [1.54, 1.807) is 0 Å². The van der Waals surface area contributed by atoms with Crippen LogP contribution in [0.1, 0.15) is 10.4 Å². The van der Waals surface area contributed by atoms with Crippen LogP contribution in [0.15, 0.2) is 35.7 Å². The molecule has 0 heterocycles. The summed E-state index contributed by atoms with van der Waals surface area (Å²) in [5.41, 5.74) is -0.207. The third-order valence-corrected chi connectivity index (χ3v) is 4.22. The van der Waals surface area contributed by atoms with Gasteiger partial charge < -0.3 is 10.4 Å². The Hall–Kier alpha value is -1.86. The van der Waals surface area contributed by atoms with Crippen LogP contribution in [0.25, 0.3) is 0 Å². The van der Waals surface area contributed by atoms with Gasteiger partial charge in [-0.3, -0.25) is 4.79 Å². The molecular formula is C12H12ClNO5S. The van der Waals surface area contributed by atoms with Crippen LogP contribution < -0.4 is 5.32 Å². The molecule has 8 heteroatoms. The van der Waals surface area contributed by atoms with Crippen molar-refractivity contribution in [2.45, 2.75) is 4.90 Å². The Bertz CT molecular complexity index is 654. The quantitative estimate of drug-likeness (QED) is 0.766. The second kappa shape index (κ2) is 6.53. The van der Waals surface area contributed by atoms with E-state index in [1.807, 2.05) is 0 Å². The maximum Gasteiger partial charge on any atom is 0.337 e. The Morgan fingerprint density at radius 2 is 2.05 bits per heavy atom. The number of halogens is 1. The first-order chi connectivity index (χ1) is 9.27. The summed E-state index contributed by atoms with van der Waals surface area (Å²) in [7, 11) is -3.88. The fraction of sp³-hybridized carbons (Fsp3) is 0.167. The van der Waals surface area contributed by atoms with Crippen molar-refractivity contribution in [1.82, 2.24) is 5.32 Å². The van der Waals surface area contributed by atoms with E-state index in [9.17, 15) is 18.0 Å². The summed E-state index contributed by atoms with van der Waals surface area (Å²) >= 11 is 5.69. The van der Waals surface area contributed by atoms with Gasteiger partial charge in [-0.2, -0.15) is 0 Å². The summed E-state index contributed by atoms with van der Waals surface area (Å²) in [6, 6.07) is 3.20. The molecule has 0 unspecified atom stereocenters. The third-order valence-electron chi connectivity index (χ3n) is 2.29. The zero-order valence-electron chi connectivity index (χ0n) is 10.3. The van der Waals surface area contributed by atoms with Crippen molar-refractivity contribution in [3.05, 3.63) is 41.4 Å². The number of hydrogen-bond donors (Lipinski definition) is 2. The van der Waals surface area contributed by atoms with Crippen molar-refractivity contribution in [1.29, 1.82) is 0 Å². The molecule has 2 N–H and O–H groups in total. The van der Waals surface area contributed by atoms with Crippen molar-refractivity contribution in [3.63, 3.8) is 0 Å². The van der Waals surface area contributed by atoms with Gasteiger partial charge in [-0.15, -0.1) is 6.58 Å². The second-order valence-corrected chi connectivity index (χ2v) is 6.20. The SMILES string of the molecule is C=CCNC(=O)CS(=O)(=O)c1ccc(C(=O)O)c(Cl)c1. The molecule has 1 amide bonds. The molecule has 20 heavy (non-hydrogen) atoms. The first-order valence-electron chi connectivity index (χ1n) is 5.41. The lowest BCUT2D eigenvalue weighted by Crippen LogP contribution is -2.30. The van der Waals surface area contributed by atoms with Crippen LogP contribution in [0.4, 0.5) is 0 Å². The minimum Gasteiger partial charge on any atom is -0.478 e. The molecule has 1 aromatic carbocycles. The Labute approximate surface area is 121 Å². The number of nitrogens with one attached hydrogen (secondary N) is 1. The number of sulfone groups is 1. The first kappa shape index (κ1) is 16.2. The van der Waals surface area contributed by atoms with Crippen molar-refractivity contribution in [2.24, 2.45) is 0 Å². The molecule has 1 aromatic rings. The molecule has 0 aliphatic carbocycles. The normalized spacial score (nSPS) is 10.8. The minimum absolute atomic E-state index is 0.160. The number of aromatic carboxylic acids is 1.